The van der Waals surface area contributed by atoms with E-state index in [4.69, 9.17) is 18.9 Å². The van der Waals surface area contributed by atoms with Gasteiger partial charge in [-0.3, -0.25) is 4.79 Å². The molecule has 0 aromatic heterocycles. The maximum Gasteiger partial charge on any atom is 0.260 e. The van der Waals surface area contributed by atoms with Crippen LogP contribution in [0.5, 0.6) is 23.0 Å². The van der Waals surface area contributed by atoms with E-state index in [1.807, 2.05) is 36.4 Å². The van der Waals surface area contributed by atoms with Crippen LogP contribution in [-0.2, 0) is 4.79 Å². The summed E-state index contributed by atoms with van der Waals surface area (Å²) in [5.41, 5.74) is 0. The standard InChI is InChI=1S/C19H21NO5/c1-13(24-17-9-5-3-7-15(17)22-2)19(21)20-11-14-12-23-16-8-4-6-10-18(16)25-14/h3-10,13-14H,11-12H2,1-2H3,(H,20,21)/t13-,14+/m0/s1. The molecule has 0 fully saturated rings. The largest absolute Gasteiger partial charge is 0.493 e. The maximum atomic E-state index is 12.3. The van der Waals surface area contributed by atoms with Crippen molar-refractivity contribution in [3.63, 3.8) is 0 Å². The van der Waals surface area contributed by atoms with E-state index >= 15 is 0 Å². The first-order valence-corrected chi connectivity index (χ1v) is 8.13. The second-order valence-corrected chi connectivity index (χ2v) is 5.65. The number of rotatable bonds is 6. The highest BCUT2D eigenvalue weighted by Crippen LogP contribution is 2.30. The van der Waals surface area contributed by atoms with Crippen molar-refractivity contribution in [2.75, 3.05) is 20.3 Å². The van der Waals surface area contributed by atoms with Crippen molar-refractivity contribution in [3.8, 4) is 23.0 Å². The third-order valence-corrected chi connectivity index (χ3v) is 3.81. The summed E-state index contributed by atoms with van der Waals surface area (Å²) in [6, 6.07) is 14.7. The lowest BCUT2D eigenvalue weighted by Crippen LogP contribution is -2.44. The molecular formula is C19H21NO5. The summed E-state index contributed by atoms with van der Waals surface area (Å²) >= 11 is 0. The number of hydrogen-bond acceptors (Lipinski definition) is 5. The van der Waals surface area contributed by atoms with Gasteiger partial charge in [-0.15, -0.1) is 0 Å². The Bertz CT molecular complexity index is 733. The molecule has 0 saturated heterocycles. The van der Waals surface area contributed by atoms with Crippen LogP contribution >= 0.6 is 0 Å². The molecule has 1 N–H and O–H groups in total. The van der Waals surface area contributed by atoms with Crippen molar-refractivity contribution in [2.24, 2.45) is 0 Å². The highest BCUT2D eigenvalue weighted by Gasteiger charge is 2.23. The number of carbonyl (C=O) groups excluding carboxylic acids is 1. The van der Waals surface area contributed by atoms with Gasteiger partial charge >= 0.3 is 0 Å². The minimum absolute atomic E-state index is 0.228. The number of carbonyl (C=O) groups is 1. The molecule has 0 spiro atoms. The molecule has 0 unspecified atom stereocenters. The van der Waals surface area contributed by atoms with E-state index in [1.165, 1.54) is 0 Å². The molecule has 1 aliphatic rings. The predicted octanol–water partition coefficient (Wildman–Crippen LogP) is 2.42. The number of benzene rings is 2. The smallest absolute Gasteiger partial charge is 0.260 e. The van der Waals surface area contributed by atoms with Crippen LogP contribution in [0.25, 0.3) is 0 Å². The van der Waals surface area contributed by atoms with Crippen LogP contribution in [0.15, 0.2) is 48.5 Å². The average molecular weight is 343 g/mol. The predicted molar refractivity (Wildman–Crippen MR) is 92.4 cm³/mol. The Balaban J connectivity index is 1.51. The van der Waals surface area contributed by atoms with Crippen LogP contribution in [0.4, 0.5) is 0 Å². The third-order valence-electron chi connectivity index (χ3n) is 3.81. The van der Waals surface area contributed by atoms with Crippen LogP contribution in [0.2, 0.25) is 0 Å². The van der Waals surface area contributed by atoms with E-state index < -0.39 is 6.10 Å². The lowest BCUT2D eigenvalue weighted by Gasteiger charge is -2.27. The number of ether oxygens (including phenoxy) is 4. The van der Waals surface area contributed by atoms with Gasteiger partial charge in [0.1, 0.15) is 12.7 Å². The zero-order chi connectivity index (χ0) is 17.6. The Hall–Kier alpha value is -2.89. The van der Waals surface area contributed by atoms with Crippen molar-refractivity contribution in [1.29, 1.82) is 0 Å². The molecule has 6 nitrogen and oxygen atoms in total. The lowest BCUT2D eigenvalue weighted by atomic mass is 10.2. The van der Waals surface area contributed by atoms with Crippen LogP contribution in [0, 0.1) is 0 Å². The van der Waals surface area contributed by atoms with Crippen molar-refractivity contribution in [1.82, 2.24) is 5.32 Å². The Morgan fingerprint density at radius 2 is 1.84 bits per heavy atom. The lowest BCUT2D eigenvalue weighted by molar-refractivity contribution is -0.127. The first-order chi connectivity index (χ1) is 12.2. The summed E-state index contributed by atoms with van der Waals surface area (Å²) in [5, 5.41) is 2.83. The summed E-state index contributed by atoms with van der Waals surface area (Å²) in [5.74, 6) is 2.29. The summed E-state index contributed by atoms with van der Waals surface area (Å²) in [6.07, 6.45) is -0.898. The van der Waals surface area contributed by atoms with E-state index in [2.05, 4.69) is 5.32 Å². The van der Waals surface area contributed by atoms with E-state index in [0.29, 0.717) is 30.4 Å². The topological polar surface area (TPSA) is 66.0 Å². The molecule has 2 aromatic rings. The second-order valence-electron chi connectivity index (χ2n) is 5.65. The molecule has 6 heteroatoms. The normalized spacial score (nSPS) is 16.6. The van der Waals surface area contributed by atoms with Crippen LogP contribution in [-0.4, -0.2) is 38.4 Å². The molecule has 1 aliphatic heterocycles. The van der Waals surface area contributed by atoms with Crippen molar-refractivity contribution in [2.45, 2.75) is 19.1 Å². The van der Waals surface area contributed by atoms with Crippen LogP contribution in [0.3, 0.4) is 0 Å². The second kappa shape index (κ2) is 7.79. The number of para-hydroxylation sites is 4. The molecule has 1 heterocycles. The minimum Gasteiger partial charge on any atom is -0.493 e. The fourth-order valence-electron chi connectivity index (χ4n) is 2.48. The quantitative estimate of drug-likeness (QED) is 0.873. The number of amides is 1. The summed E-state index contributed by atoms with van der Waals surface area (Å²) < 4.78 is 22.4. The molecule has 25 heavy (non-hydrogen) atoms. The fraction of sp³-hybridized carbons (Fsp3) is 0.316. The third kappa shape index (κ3) is 4.15. The monoisotopic (exact) mass is 343 g/mol. The number of methoxy groups -OCH3 is 1. The van der Waals surface area contributed by atoms with Crippen molar-refractivity contribution >= 4 is 5.91 Å². The fourth-order valence-corrected chi connectivity index (χ4v) is 2.48. The number of nitrogens with one attached hydrogen (secondary N) is 1. The molecule has 0 aliphatic carbocycles. The molecule has 0 radical (unpaired) electrons. The molecule has 0 saturated carbocycles. The Labute approximate surface area is 146 Å². The summed E-state index contributed by atoms with van der Waals surface area (Å²) in [4.78, 5) is 12.3. The molecule has 132 valence electrons. The van der Waals surface area contributed by atoms with Crippen molar-refractivity contribution < 1.29 is 23.7 Å². The Morgan fingerprint density at radius 1 is 1.16 bits per heavy atom. The first kappa shape index (κ1) is 17.0. The number of fused-ring (bicyclic) bond motifs is 1. The van der Waals surface area contributed by atoms with Gasteiger partial charge in [-0.25, -0.2) is 0 Å². The number of hydrogen-bond donors (Lipinski definition) is 1. The summed E-state index contributed by atoms with van der Waals surface area (Å²) in [7, 11) is 1.56. The molecule has 3 rings (SSSR count). The Morgan fingerprint density at radius 3 is 2.60 bits per heavy atom. The van der Waals surface area contributed by atoms with Crippen LogP contribution < -0.4 is 24.3 Å². The van der Waals surface area contributed by atoms with E-state index in [0.717, 1.165) is 5.75 Å². The maximum absolute atomic E-state index is 12.3. The molecule has 2 atom stereocenters. The Kier molecular flexibility index (Phi) is 5.28. The zero-order valence-electron chi connectivity index (χ0n) is 14.2. The van der Waals surface area contributed by atoms with Gasteiger partial charge in [0.05, 0.1) is 13.7 Å². The van der Waals surface area contributed by atoms with Gasteiger partial charge in [-0.1, -0.05) is 24.3 Å². The van der Waals surface area contributed by atoms with Gasteiger partial charge in [-0.05, 0) is 31.2 Å². The van der Waals surface area contributed by atoms with Gasteiger partial charge in [0.15, 0.2) is 29.1 Å². The van der Waals surface area contributed by atoms with Gasteiger partial charge in [0.2, 0.25) is 0 Å². The molecule has 1 amide bonds. The van der Waals surface area contributed by atoms with E-state index in [-0.39, 0.29) is 12.0 Å². The zero-order valence-corrected chi connectivity index (χ0v) is 14.2. The highest BCUT2D eigenvalue weighted by molar-refractivity contribution is 5.80. The molecular weight excluding hydrogens is 322 g/mol. The van der Waals surface area contributed by atoms with Gasteiger partial charge in [-0.2, -0.15) is 0 Å². The first-order valence-electron chi connectivity index (χ1n) is 8.13. The SMILES string of the molecule is COc1ccccc1O[C@@H](C)C(=O)NC[C@@H]1COc2ccccc2O1. The minimum atomic E-state index is -0.659. The average Bonchev–Trinajstić information content (AvgIpc) is 2.66. The van der Waals surface area contributed by atoms with Crippen LogP contribution in [0.1, 0.15) is 6.92 Å². The highest BCUT2D eigenvalue weighted by atomic mass is 16.6. The molecule has 2 aromatic carbocycles. The molecule has 0 bridgehead atoms. The van der Waals surface area contributed by atoms with Crippen molar-refractivity contribution in [3.05, 3.63) is 48.5 Å². The van der Waals surface area contributed by atoms with E-state index in [1.54, 1.807) is 26.2 Å². The van der Waals surface area contributed by atoms with E-state index in [9.17, 15) is 4.79 Å². The van der Waals surface area contributed by atoms with Gasteiger partial charge in [0, 0.05) is 0 Å². The summed E-state index contributed by atoms with van der Waals surface area (Å²) in [6.45, 7) is 2.42. The van der Waals surface area contributed by atoms with Gasteiger partial charge < -0.3 is 24.3 Å². The van der Waals surface area contributed by atoms with Gasteiger partial charge in [0.25, 0.3) is 5.91 Å².